The molecule has 1 aromatic carbocycles. The van der Waals surface area contributed by atoms with Gasteiger partial charge in [0.2, 0.25) is 11.8 Å². The van der Waals surface area contributed by atoms with Crippen LogP contribution in [0.15, 0.2) is 24.3 Å². The van der Waals surface area contributed by atoms with Gasteiger partial charge in [0.05, 0.1) is 0 Å². The van der Waals surface area contributed by atoms with E-state index in [0.29, 0.717) is 31.6 Å². The van der Waals surface area contributed by atoms with Crippen molar-refractivity contribution in [3.8, 4) is 0 Å². The molecule has 5 heteroatoms. The van der Waals surface area contributed by atoms with Crippen LogP contribution in [0.5, 0.6) is 0 Å². The number of amides is 2. The second kappa shape index (κ2) is 7.77. The second-order valence-electron chi connectivity index (χ2n) is 6.86. The Morgan fingerprint density at radius 1 is 1.08 bits per heavy atom. The highest BCUT2D eigenvalue weighted by Crippen LogP contribution is 2.30. The number of hydrogen-bond acceptors (Lipinski definition) is 2. The molecule has 1 heterocycles. The number of rotatable bonds is 5. The summed E-state index contributed by atoms with van der Waals surface area (Å²) in [6.45, 7) is 1.81. The van der Waals surface area contributed by atoms with Crippen LogP contribution >= 0.6 is 0 Å². The molecule has 2 amide bonds. The van der Waals surface area contributed by atoms with Crippen molar-refractivity contribution >= 4 is 11.8 Å². The normalized spacial score (nSPS) is 19.0. The number of nitrogens with one attached hydrogen (secondary N) is 1. The number of halogens is 1. The average molecular weight is 332 g/mol. The van der Waals surface area contributed by atoms with E-state index in [1.54, 1.807) is 18.2 Å². The summed E-state index contributed by atoms with van der Waals surface area (Å²) in [5.74, 6) is 0.281. The maximum absolute atomic E-state index is 13.5. The molecule has 3 rings (SSSR count). The molecule has 130 valence electrons. The Bertz CT molecular complexity index is 593. The molecule has 2 aliphatic rings. The van der Waals surface area contributed by atoms with Crippen molar-refractivity contribution in [2.24, 2.45) is 11.8 Å². The minimum Gasteiger partial charge on any atom is -0.356 e. The summed E-state index contributed by atoms with van der Waals surface area (Å²) in [5, 5.41) is 2.91. The van der Waals surface area contributed by atoms with Gasteiger partial charge in [-0.25, -0.2) is 4.39 Å². The minimum absolute atomic E-state index is 0.0297. The lowest BCUT2D eigenvalue weighted by Crippen LogP contribution is -2.46. The Labute approximate surface area is 142 Å². The predicted molar refractivity (Wildman–Crippen MR) is 89.8 cm³/mol. The van der Waals surface area contributed by atoms with E-state index in [0.717, 1.165) is 32.1 Å². The molecule has 0 radical (unpaired) electrons. The third kappa shape index (κ3) is 3.94. The van der Waals surface area contributed by atoms with Crippen LogP contribution in [0, 0.1) is 17.7 Å². The Morgan fingerprint density at radius 2 is 1.79 bits per heavy atom. The third-order valence-electron chi connectivity index (χ3n) is 5.28. The van der Waals surface area contributed by atoms with Crippen LogP contribution in [0.1, 0.15) is 37.7 Å². The van der Waals surface area contributed by atoms with Gasteiger partial charge in [0.15, 0.2) is 0 Å². The van der Waals surface area contributed by atoms with E-state index in [4.69, 9.17) is 0 Å². The van der Waals surface area contributed by atoms with Gasteiger partial charge in [-0.15, -0.1) is 0 Å². The first kappa shape index (κ1) is 16.9. The smallest absolute Gasteiger partial charge is 0.225 e. The van der Waals surface area contributed by atoms with Gasteiger partial charge in [-0.1, -0.05) is 24.6 Å². The lowest BCUT2D eigenvalue weighted by Gasteiger charge is -2.36. The molecule has 0 atom stereocenters. The maximum Gasteiger partial charge on any atom is 0.225 e. The van der Waals surface area contributed by atoms with E-state index in [9.17, 15) is 14.0 Å². The summed E-state index contributed by atoms with van der Waals surface area (Å²) in [6.07, 6.45) is 5.16. The number of nitrogens with zero attached hydrogens (tertiary/aromatic N) is 1. The van der Waals surface area contributed by atoms with Gasteiger partial charge in [-0.05, 0) is 43.7 Å². The van der Waals surface area contributed by atoms with Crippen LogP contribution in [0.2, 0.25) is 0 Å². The first-order valence-electron chi connectivity index (χ1n) is 8.95. The van der Waals surface area contributed by atoms with Gasteiger partial charge in [0, 0.05) is 31.5 Å². The summed E-state index contributed by atoms with van der Waals surface area (Å²) in [6, 6.07) is 6.64. The molecule has 1 aliphatic heterocycles. The van der Waals surface area contributed by atoms with Crippen molar-refractivity contribution in [3.05, 3.63) is 35.6 Å². The van der Waals surface area contributed by atoms with Crippen molar-refractivity contribution in [1.82, 2.24) is 10.2 Å². The number of likely N-dealkylation sites (tertiary alicyclic amines) is 1. The fraction of sp³-hybridized carbons (Fsp3) is 0.579. The predicted octanol–water partition coefficient (Wildman–Crippen LogP) is 2.52. The second-order valence-corrected chi connectivity index (χ2v) is 6.86. The van der Waals surface area contributed by atoms with Crippen LogP contribution in [-0.4, -0.2) is 36.3 Å². The Morgan fingerprint density at radius 3 is 2.42 bits per heavy atom. The standard InChI is InChI=1S/C19H25FN2O2/c20-17-7-2-1-4-14(17)8-11-21-18(23)15-9-12-22(13-10-15)19(24)16-5-3-6-16/h1-2,4,7,15-16H,3,5-6,8-13H2,(H,21,23). The zero-order valence-electron chi connectivity index (χ0n) is 14.0. The van der Waals surface area contributed by atoms with E-state index in [2.05, 4.69) is 5.32 Å². The van der Waals surface area contributed by atoms with Gasteiger partial charge in [-0.3, -0.25) is 9.59 Å². The van der Waals surface area contributed by atoms with Crippen molar-refractivity contribution in [3.63, 3.8) is 0 Å². The van der Waals surface area contributed by atoms with Gasteiger partial charge < -0.3 is 10.2 Å². The highest BCUT2D eigenvalue weighted by Gasteiger charge is 2.33. The van der Waals surface area contributed by atoms with E-state index in [1.807, 2.05) is 4.90 Å². The average Bonchev–Trinajstić information content (AvgIpc) is 2.55. The van der Waals surface area contributed by atoms with Crippen molar-refractivity contribution < 1.29 is 14.0 Å². The van der Waals surface area contributed by atoms with Crippen LogP contribution in [-0.2, 0) is 16.0 Å². The SMILES string of the molecule is O=C(NCCc1ccccc1F)C1CCN(C(=O)C2CCC2)CC1. The topological polar surface area (TPSA) is 49.4 Å². The molecule has 1 saturated heterocycles. The lowest BCUT2D eigenvalue weighted by molar-refractivity contribution is -0.141. The fourth-order valence-corrected chi connectivity index (χ4v) is 3.44. The van der Waals surface area contributed by atoms with Gasteiger partial charge >= 0.3 is 0 Å². The highest BCUT2D eigenvalue weighted by atomic mass is 19.1. The van der Waals surface area contributed by atoms with Gasteiger partial charge in [0.25, 0.3) is 0 Å². The third-order valence-corrected chi connectivity index (χ3v) is 5.28. The van der Waals surface area contributed by atoms with Gasteiger partial charge in [0.1, 0.15) is 5.82 Å². The molecular formula is C19H25FN2O2. The molecule has 1 aromatic rings. The summed E-state index contributed by atoms with van der Waals surface area (Å²) in [7, 11) is 0. The molecule has 0 unspecified atom stereocenters. The van der Waals surface area contributed by atoms with Crippen LogP contribution in [0.3, 0.4) is 0 Å². The quantitative estimate of drug-likeness (QED) is 0.901. The Balaban J connectivity index is 1.39. The molecule has 24 heavy (non-hydrogen) atoms. The van der Waals surface area contributed by atoms with E-state index in [-0.39, 0.29) is 29.5 Å². The molecule has 1 aliphatic carbocycles. The Kier molecular flexibility index (Phi) is 5.48. The Hall–Kier alpha value is -1.91. The van der Waals surface area contributed by atoms with Crippen molar-refractivity contribution in [1.29, 1.82) is 0 Å². The number of piperidine rings is 1. The van der Waals surface area contributed by atoms with Crippen molar-refractivity contribution in [2.45, 2.75) is 38.5 Å². The molecule has 0 spiro atoms. The van der Waals surface area contributed by atoms with E-state index in [1.165, 1.54) is 6.07 Å². The summed E-state index contributed by atoms with van der Waals surface area (Å²) >= 11 is 0. The summed E-state index contributed by atoms with van der Waals surface area (Å²) in [5.41, 5.74) is 0.624. The summed E-state index contributed by atoms with van der Waals surface area (Å²) < 4.78 is 13.5. The van der Waals surface area contributed by atoms with Crippen LogP contribution in [0.4, 0.5) is 4.39 Å². The van der Waals surface area contributed by atoms with Crippen LogP contribution < -0.4 is 5.32 Å². The molecule has 0 aromatic heterocycles. The first-order chi connectivity index (χ1) is 11.6. The molecule has 4 nitrogen and oxygen atoms in total. The lowest BCUT2D eigenvalue weighted by atomic mass is 9.83. The zero-order chi connectivity index (χ0) is 16.9. The number of hydrogen-bond donors (Lipinski definition) is 1. The number of benzene rings is 1. The molecule has 0 bridgehead atoms. The largest absolute Gasteiger partial charge is 0.356 e. The first-order valence-corrected chi connectivity index (χ1v) is 8.95. The zero-order valence-corrected chi connectivity index (χ0v) is 14.0. The highest BCUT2D eigenvalue weighted by molar-refractivity contribution is 5.81. The molecule has 2 fully saturated rings. The fourth-order valence-electron chi connectivity index (χ4n) is 3.44. The van der Waals surface area contributed by atoms with E-state index < -0.39 is 0 Å². The molecule has 1 N–H and O–H groups in total. The number of carbonyl (C=O) groups excluding carboxylic acids is 2. The monoisotopic (exact) mass is 332 g/mol. The van der Waals surface area contributed by atoms with E-state index >= 15 is 0 Å². The molecule has 1 saturated carbocycles. The van der Waals surface area contributed by atoms with Crippen molar-refractivity contribution in [2.75, 3.05) is 19.6 Å². The minimum atomic E-state index is -0.227. The summed E-state index contributed by atoms with van der Waals surface area (Å²) in [4.78, 5) is 26.4. The van der Waals surface area contributed by atoms with Gasteiger partial charge in [-0.2, -0.15) is 0 Å². The maximum atomic E-state index is 13.5. The van der Waals surface area contributed by atoms with Crippen LogP contribution in [0.25, 0.3) is 0 Å². The molecular weight excluding hydrogens is 307 g/mol. The number of carbonyl (C=O) groups is 2.